The van der Waals surface area contributed by atoms with Crippen LogP contribution < -0.4 is 10.6 Å². The molecule has 0 aliphatic rings. The van der Waals surface area contributed by atoms with Gasteiger partial charge in [0, 0.05) is 5.69 Å². The summed E-state index contributed by atoms with van der Waals surface area (Å²) < 4.78 is 0. The van der Waals surface area contributed by atoms with Gasteiger partial charge in [-0.3, -0.25) is 14.9 Å². The van der Waals surface area contributed by atoms with Gasteiger partial charge in [-0.2, -0.15) is 0 Å². The Bertz CT molecular complexity index is 523. The van der Waals surface area contributed by atoms with Crippen LogP contribution in [0.4, 0.5) is 5.69 Å². The fourth-order valence-corrected chi connectivity index (χ4v) is 2.05. The Morgan fingerprint density at radius 3 is 2.48 bits per heavy atom. The second kappa shape index (κ2) is 8.22. The van der Waals surface area contributed by atoms with Crippen LogP contribution in [0.2, 0.25) is 10.0 Å². The monoisotopic (exact) mass is 332 g/mol. The van der Waals surface area contributed by atoms with Gasteiger partial charge in [0.15, 0.2) is 0 Å². The quantitative estimate of drug-likeness (QED) is 0.717. The molecule has 0 heterocycles. The van der Waals surface area contributed by atoms with Crippen LogP contribution in [-0.4, -0.2) is 29.6 Å². The number of hydrogen-bond acceptors (Lipinski definition) is 3. The molecular weight excluding hydrogens is 315 g/mol. The van der Waals surface area contributed by atoms with Gasteiger partial charge in [-0.1, -0.05) is 43.5 Å². The highest BCUT2D eigenvalue weighted by molar-refractivity contribution is 6.42. The highest BCUT2D eigenvalue weighted by Crippen LogP contribution is 2.24. The number of carboxylic acids is 1. The van der Waals surface area contributed by atoms with E-state index in [2.05, 4.69) is 10.6 Å². The molecule has 1 aromatic rings. The number of halogens is 2. The summed E-state index contributed by atoms with van der Waals surface area (Å²) in [5.41, 5.74) is 0.506. The summed E-state index contributed by atoms with van der Waals surface area (Å²) in [6, 6.07) is 3.97. The van der Waals surface area contributed by atoms with Crippen LogP contribution in [0.1, 0.15) is 20.3 Å². The molecule has 0 bridgehead atoms. The van der Waals surface area contributed by atoms with E-state index in [1.165, 1.54) is 6.07 Å². The van der Waals surface area contributed by atoms with Crippen molar-refractivity contribution in [3.63, 3.8) is 0 Å². The van der Waals surface area contributed by atoms with Crippen molar-refractivity contribution in [3.05, 3.63) is 28.2 Å². The molecule has 1 rings (SSSR count). The van der Waals surface area contributed by atoms with E-state index in [0.29, 0.717) is 22.2 Å². The van der Waals surface area contributed by atoms with Crippen LogP contribution in [-0.2, 0) is 9.59 Å². The van der Waals surface area contributed by atoms with Gasteiger partial charge in [-0.05, 0) is 24.1 Å². The Hall–Kier alpha value is -1.30. The van der Waals surface area contributed by atoms with Gasteiger partial charge in [0.05, 0.1) is 16.6 Å². The average molecular weight is 333 g/mol. The highest BCUT2D eigenvalue weighted by atomic mass is 35.5. The molecule has 116 valence electrons. The van der Waals surface area contributed by atoms with Crippen molar-refractivity contribution < 1.29 is 14.7 Å². The molecule has 2 unspecified atom stereocenters. The summed E-state index contributed by atoms with van der Waals surface area (Å²) >= 11 is 11.6. The second-order valence-corrected chi connectivity index (χ2v) is 5.57. The zero-order valence-electron chi connectivity index (χ0n) is 11.8. The van der Waals surface area contributed by atoms with Crippen molar-refractivity contribution in [1.29, 1.82) is 0 Å². The molecule has 0 radical (unpaired) electrons. The van der Waals surface area contributed by atoms with Crippen molar-refractivity contribution in [2.75, 3.05) is 11.9 Å². The molecule has 1 amide bonds. The predicted molar refractivity (Wildman–Crippen MR) is 84.0 cm³/mol. The minimum absolute atomic E-state index is 0.0692. The normalized spacial score (nSPS) is 13.5. The fourth-order valence-electron chi connectivity index (χ4n) is 1.75. The fraction of sp³-hybridized carbons (Fsp3) is 0.429. The van der Waals surface area contributed by atoms with E-state index >= 15 is 0 Å². The molecule has 0 aliphatic carbocycles. The number of amides is 1. The molecule has 21 heavy (non-hydrogen) atoms. The van der Waals surface area contributed by atoms with Gasteiger partial charge in [0.2, 0.25) is 5.91 Å². The van der Waals surface area contributed by atoms with Crippen LogP contribution in [0, 0.1) is 5.92 Å². The molecule has 2 atom stereocenters. The van der Waals surface area contributed by atoms with Crippen LogP contribution in [0.3, 0.4) is 0 Å². The highest BCUT2D eigenvalue weighted by Gasteiger charge is 2.23. The van der Waals surface area contributed by atoms with Crippen molar-refractivity contribution in [3.8, 4) is 0 Å². The average Bonchev–Trinajstić information content (AvgIpc) is 2.42. The smallest absolute Gasteiger partial charge is 0.320 e. The lowest BCUT2D eigenvalue weighted by Crippen LogP contribution is -2.45. The Kier molecular flexibility index (Phi) is 6.95. The number of nitrogens with one attached hydrogen (secondary N) is 2. The van der Waals surface area contributed by atoms with Crippen LogP contribution in [0.15, 0.2) is 18.2 Å². The van der Waals surface area contributed by atoms with Crippen molar-refractivity contribution in [2.24, 2.45) is 5.92 Å². The number of carbonyl (C=O) groups is 2. The van der Waals surface area contributed by atoms with E-state index in [-0.39, 0.29) is 18.4 Å². The molecule has 0 saturated heterocycles. The van der Waals surface area contributed by atoms with Crippen molar-refractivity contribution in [2.45, 2.75) is 26.3 Å². The van der Waals surface area contributed by atoms with Gasteiger partial charge >= 0.3 is 5.97 Å². The number of rotatable bonds is 7. The maximum absolute atomic E-state index is 11.8. The first-order chi connectivity index (χ1) is 9.85. The first-order valence-corrected chi connectivity index (χ1v) is 7.31. The lowest BCUT2D eigenvalue weighted by molar-refractivity contribution is -0.140. The molecule has 0 aliphatic heterocycles. The van der Waals surface area contributed by atoms with Gasteiger partial charge in [-0.15, -0.1) is 0 Å². The van der Waals surface area contributed by atoms with Crippen LogP contribution in [0.25, 0.3) is 0 Å². The Morgan fingerprint density at radius 2 is 1.95 bits per heavy atom. The first-order valence-electron chi connectivity index (χ1n) is 6.56. The second-order valence-electron chi connectivity index (χ2n) is 4.76. The predicted octanol–water partition coefficient (Wildman–Crippen LogP) is 3.02. The molecule has 0 fully saturated rings. The van der Waals surface area contributed by atoms with E-state index in [4.69, 9.17) is 28.3 Å². The minimum atomic E-state index is -0.966. The van der Waals surface area contributed by atoms with E-state index in [1.54, 1.807) is 12.1 Å². The lowest BCUT2D eigenvalue weighted by Gasteiger charge is -2.19. The maximum atomic E-state index is 11.8. The SMILES string of the molecule is CCC(C)C(NCC(=O)Nc1ccc(Cl)c(Cl)c1)C(=O)O. The van der Waals surface area contributed by atoms with Crippen molar-refractivity contribution in [1.82, 2.24) is 5.32 Å². The largest absolute Gasteiger partial charge is 0.480 e. The summed E-state index contributed by atoms with van der Waals surface area (Å²) in [6.45, 7) is 3.63. The van der Waals surface area contributed by atoms with E-state index in [9.17, 15) is 9.59 Å². The van der Waals surface area contributed by atoms with E-state index < -0.39 is 12.0 Å². The zero-order chi connectivity index (χ0) is 16.0. The Balaban J connectivity index is 2.56. The van der Waals surface area contributed by atoms with Gasteiger partial charge in [0.25, 0.3) is 0 Å². The number of hydrogen-bond donors (Lipinski definition) is 3. The van der Waals surface area contributed by atoms with E-state index in [1.807, 2.05) is 13.8 Å². The maximum Gasteiger partial charge on any atom is 0.320 e. The first kappa shape index (κ1) is 17.8. The number of carbonyl (C=O) groups excluding carboxylic acids is 1. The lowest BCUT2D eigenvalue weighted by atomic mass is 9.99. The van der Waals surface area contributed by atoms with Crippen LogP contribution in [0.5, 0.6) is 0 Å². The number of benzene rings is 1. The topological polar surface area (TPSA) is 78.4 Å². The summed E-state index contributed by atoms with van der Waals surface area (Å²) in [6.07, 6.45) is 0.707. The molecule has 0 aromatic heterocycles. The molecular formula is C14H18Cl2N2O3. The molecule has 5 nitrogen and oxygen atoms in total. The number of anilines is 1. The molecule has 3 N–H and O–H groups in total. The molecule has 1 aromatic carbocycles. The Labute approximate surface area is 133 Å². The standard InChI is InChI=1S/C14H18Cl2N2O3/c1-3-8(2)13(14(20)21)17-7-12(19)18-9-4-5-10(15)11(16)6-9/h4-6,8,13,17H,3,7H2,1-2H3,(H,18,19)(H,20,21). The van der Waals surface area contributed by atoms with Gasteiger partial charge in [0.1, 0.15) is 6.04 Å². The number of carboxylic acid groups (broad SMARTS) is 1. The summed E-state index contributed by atoms with van der Waals surface area (Å²) in [5.74, 6) is -1.38. The third-order valence-electron chi connectivity index (χ3n) is 3.16. The zero-order valence-corrected chi connectivity index (χ0v) is 13.3. The van der Waals surface area contributed by atoms with Gasteiger partial charge in [-0.25, -0.2) is 0 Å². The molecule has 7 heteroatoms. The summed E-state index contributed by atoms with van der Waals surface area (Å²) in [7, 11) is 0. The van der Waals surface area contributed by atoms with Crippen LogP contribution >= 0.6 is 23.2 Å². The van der Waals surface area contributed by atoms with E-state index in [0.717, 1.165) is 0 Å². The van der Waals surface area contributed by atoms with Gasteiger partial charge < -0.3 is 10.4 Å². The number of aliphatic carboxylic acids is 1. The summed E-state index contributed by atoms with van der Waals surface area (Å²) in [5, 5.41) is 15.2. The molecule has 0 spiro atoms. The third-order valence-corrected chi connectivity index (χ3v) is 3.90. The third kappa shape index (κ3) is 5.53. The summed E-state index contributed by atoms with van der Waals surface area (Å²) in [4.78, 5) is 22.9. The van der Waals surface area contributed by atoms with Crippen molar-refractivity contribution >= 4 is 40.8 Å². The molecule has 0 saturated carbocycles. The Morgan fingerprint density at radius 1 is 1.29 bits per heavy atom. The minimum Gasteiger partial charge on any atom is -0.480 e.